The van der Waals surface area contributed by atoms with E-state index in [-0.39, 0.29) is 24.3 Å². The Kier molecular flexibility index (Phi) is 7.23. The van der Waals surface area contributed by atoms with Crippen molar-refractivity contribution in [3.63, 3.8) is 0 Å². The number of para-hydroxylation sites is 1. The predicted octanol–water partition coefficient (Wildman–Crippen LogP) is 3.11. The number of rotatable bonds is 6. The van der Waals surface area contributed by atoms with E-state index in [1.807, 2.05) is 31.2 Å². The molecule has 2 rings (SSSR count). The maximum atomic E-state index is 12.2. The molecule has 1 aromatic rings. The van der Waals surface area contributed by atoms with Crippen LogP contribution in [0.5, 0.6) is 0 Å². The van der Waals surface area contributed by atoms with Gasteiger partial charge in [0.2, 0.25) is 0 Å². The molecule has 1 aliphatic rings. The maximum Gasteiger partial charge on any atom is 0.319 e. The Morgan fingerprint density at radius 1 is 1.36 bits per heavy atom. The van der Waals surface area contributed by atoms with Crippen LogP contribution < -0.4 is 10.6 Å². The number of urea groups is 1. The van der Waals surface area contributed by atoms with Crippen molar-refractivity contribution in [3.05, 3.63) is 29.8 Å². The molecule has 136 valence electrons. The van der Waals surface area contributed by atoms with Crippen molar-refractivity contribution in [2.75, 3.05) is 18.4 Å². The van der Waals surface area contributed by atoms with Gasteiger partial charge in [0.1, 0.15) is 0 Å². The van der Waals surface area contributed by atoms with E-state index >= 15 is 0 Å². The van der Waals surface area contributed by atoms with Crippen LogP contribution in [0.3, 0.4) is 0 Å². The van der Waals surface area contributed by atoms with Gasteiger partial charge in [-0.15, -0.1) is 0 Å². The number of amides is 2. The molecule has 3 unspecified atom stereocenters. The quantitative estimate of drug-likeness (QED) is 0.831. The molecular formula is C19H28N4O2. The van der Waals surface area contributed by atoms with Crippen molar-refractivity contribution in [1.82, 2.24) is 10.2 Å². The van der Waals surface area contributed by atoms with Gasteiger partial charge in [-0.05, 0) is 31.9 Å². The number of carbonyl (C=O) groups is 1. The summed E-state index contributed by atoms with van der Waals surface area (Å²) in [7, 11) is 0. The summed E-state index contributed by atoms with van der Waals surface area (Å²) in [5.74, 6) is 0. The highest BCUT2D eigenvalue weighted by molar-refractivity contribution is 5.90. The van der Waals surface area contributed by atoms with Crippen LogP contribution in [0.4, 0.5) is 10.5 Å². The minimum Gasteiger partial charge on any atom is -0.373 e. The lowest BCUT2D eigenvalue weighted by Crippen LogP contribution is -2.45. The highest BCUT2D eigenvalue weighted by Crippen LogP contribution is 2.20. The van der Waals surface area contributed by atoms with Crippen molar-refractivity contribution in [2.45, 2.75) is 58.4 Å². The number of anilines is 1. The molecule has 25 heavy (non-hydrogen) atoms. The van der Waals surface area contributed by atoms with Crippen LogP contribution in [0.15, 0.2) is 24.3 Å². The van der Waals surface area contributed by atoms with E-state index in [9.17, 15) is 4.79 Å². The zero-order valence-electron chi connectivity index (χ0n) is 15.3. The van der Waals surface area contributed by atoms with E-state index in [0.29, 0.717) is 6.42 Å². The molecule has 6 nitrogen and oxygen atoms in total. The van der Waals surface area contributed by atoms with Crippen molar-refractivity contribution in [3.8, 4) is 6.07 Å². The Morgan fingerprint density at radius 2 is 2.04 bits per heavy atom. The molecule has 0 bridgehead atoms. The topological polar surface area (TPSA) is 77.4 Å². The van der Waals surface area contributed by atoms with E-state index in [0.717, 1.165) is 37.3 Å². The van der Waals surface area contributed by atoms with Gasteiger partial charge in [-0.1, -0.05) is 25.1 Å². The summed E-state index contributed by atoms with van der Waals surface area (Å²) in [6.07, 6.45) is 1.47. The van der Waals surface area contributed by atoms with Crippen LogP contribution in [0.25, 0.3) is 0 Å². The summed E-state index contributed by atoms with van der Waals surface area (Å²) >= 11 is 0. The Morgan fingerprint density at radius 3 is 2.68 bits per heavy atom. The average molecular weight is 344 g/mol. The third kappa shape index (κ3) is 6.04. The molecule has 2 N–H and O–H groups in total. The first-order valence-corrected chi connectivity index (χ1v) is 8.92. The Labute approximate surface area is 150 Å². The van der Waals surface area contributed by atoms with E-state index in [1.165, 1.54) is 0 Å². The Hall–Kier alpha value is -2.10. The van der Waals surface area contributed by atoms with Crippen LogP contribution >= 0.6 is 0 Å². The molecule has 0 saturated carbocycles. The maximum absolute atomic E-state index is 12.2. The SMILES string of the molecule is CCC(CC#N)NC(=O)Nc1ccccc1CN1CC(C)OC(C)C1. The van der Waals surface area contributed by atoms with E-state index in [2.05, 4.69) is 35.5 Å². The monoisotopic (exact) mass is 344 g/mol. The van der Waals surface area contributed by atoms with Crippen LogP contribution in [-0.2, 0) is 11.3 Å². The predicted molar refractivity (Wildman–Crippen MR) is 98.2 cm³/mol. The Balaban J connectivity index is 2.00. The summed E-state index contributed by atoms with van der Waals surface area (Å²) in [6.45, 7) is 8.65. The average Bonchev–Trinajstić information content (AvgIpc) is 2.55. The Bertz CT molecular complexity index is 604. The second-order valence-corrected chi connectivity index (χ2v) is 6.67. The summed E-state index contributed by atoms with van der Waals surface area (Å²) in [5.41, 5.74) is 1.88. The number of ether oxygens (including phenoxy) is 1. The number of hydrogen-bond acceptors (Lipinski definition) is 4. The molecule has 0 aromatic heterocycles. The lowest BCUT2D eigenvalue weighted by atomic mass is 10.1. The van der Waals surface area contributed by atoms with Gasteiger partial charge < -0.3 is 15.4 Å². The molecule has 6 heteroatoms. The number of benzene rings is 1. The first kappa shape index (κ1) is 19.2. The fourth-order valence-corrected chi connectivity index (χ4v) is 3.19. The third-order valence-electron chi connectivity index (χ3n) is 4.32. The highest BCUT2D eigenvalue weighted by atomic mass is 16.5. The fourth-order valence-electron chi connectivity index (χ4n) is 3.19. The van der Waals surface area contributed by atoms with Crippen molar-refractivity contribution < 1.29 is 9.53 Å². The van der Waals surface area contributed by atoms with Gasteiger partial charge in [0.05, 0.1) is 24.7 Å². The second-order valence-electron chi connectivity index (χ2n) is 6.67. The molecule has 1 aromatic carbocycles. The number of nitrogens with zero attached hydrogens (tertiary/aromatic N) is 2. The zero-order valence-corrected chi connectivity index (χ0v) is 15.3. The molecule has 1 heterocycles. The van der Waals surface area contributed by atoms with Gasteiger partial charge in [-0.3, -0.25) is 4.90 Å². The lowest BCUT2D eigenvalue weighted by Gasteiger charge is -2.35. The highest BCUT2D eigenvalue weighted by Gasteiger charge is 2.23. The molecule has 0 radical (unpaired) electrons. The van der Waals surface area contributed by atoms with Gasteiger partial charge >= 0.3 is 6.03 Å². The van der Waals surface area contributed by atoms with Gasteiger partial charge in [-0.25, -0.2) is 4.79 Å². The molecule has 3 atom stereocenters. The standard InChI is InChI=1S/C19H28N4O2/c1-4-17(9-10-20)21-19(24)22-18-8-6-5-7-16(18)13-23-11-14(2)25-15(3)12-23/h5-8,14-15,17H,4,9,11-13H2,1-3H3,(H2,21,22,24). The van der Waals surface area contributed by atoms with Crippen molar-refractivity contribution in [2.24, 2.45) is 0 Å². The largest absolute Gasteiger partial charge is 0.373 e. The van der Waals surface area contributed by atoms with E-state index in [1.54, 1.807) is 0 Å². The van der Waals surface area contributed by atoms with Gasteiger partial charge in [0.15, 0.2) is 0 Å². The van der Waals surface area contributed by atoms with Crippen molar-refractivity contribution in [1.29, 1.82) is 5.26 Å². The van der Waals surface area contributed by atoms with Crippen LogP contribution in [-0.4, -0.2) is 42.3 Å². The summed E-state index contributed by atoms with van der Waals surface area (Å²) in [6, 6.07) is 9.55. The molecule has 2 amide bonds. The normalized spacial score (nSPS) is 22.0. The van der Waals surface area contributed by atoms with Crippen LogP contribution in [0, 0.1) is 11.3 Å². The lowest BCUT2D eigenvalue weighted by molar-refractivity contribution is -0.0704. The summed E-state index contributed by atoms with van der Waals surface area (Å²) in [4.78, 5) is 14.6. The number of nitriles is 1. The third-order valence-corrected chi connectivity index (χ3v) is 4.32. The van der Waals surface area contributed by atoms with Crippen LogP contribution in [0.1, 0.15) is 39.2 Å². The zero-order chi connectivity index (χ0) is 18.2. The molecule has 1 saturated heterocycles. The molecule has 0 spiro atoms. The van der Waals surface area contributed by atoms with Crippen molar-refractivity contribution >= 4 is 11.7 Å². The smallest absolute Gasteiger partial charge is 0.319 e. The molecule has 0 aliphatic carbocycles. The summed E-state index contributed by atoms with van der Waals surface area (Å²) < 4.78 is 5.78. The first-order chi connectivity index (χ1) is 12.0. The first-order valence-electron chi connectivity index (χ1n) is 8.92. The van der Waals surface area contributed by atoms with Gasteiger partial charge in [0.25, 0.3) is 0 Å². The summed E-state index contributed by atoms with van der Waals surface area (Å²) in [5, 5.41) is 14.6. The minimum atomic E-state index is -0.265. The number of nitrogens with one attached hydrogen (secondary N) is 2. The number of carbonyl (C=O) groups excluding carboxylic acids is 1. The molecular weight excluding hydrogens is 316 g/mol. The van der Waals surface area contributed by atoms with Crippen LogP contribution in [0.2, 0.25) is 0 Å². The van der Waals surface area contributed by atoms with E-state index in [4.69, 9.17) is 10.00 Å². The van der Waals surface area contributed by atoms with Gasteiger partial charge in [0, 0.05) is 31.4 Å². The second kappa shape index (κ2) is 9.40. The minimum absolute atomic E-state index is 0.127. The van der Waals surface area contributed by atoms with E-state index < -0.39 is 0 Å². The number of morpholine rings is 1. The number of hydrogen-bond donors (Lipinski definition) is 2. The van der Waals surface area contributed by atoms with Gasteiger partial charge in [-0.2, -0.15) is 5.26 Å². The molecule has 1 fully saturated rings. The molecule has 1 aliphatic heterocycles. The fraction of sp³-hybridized carbons (Fsp3) is 0.579.